The van der Waals surface area contributed by atoms with Crippen molar-refractivity contribution in [3.8, 4) is 11.1 Å². The van der Waals surface area contributed by atoms with Crippen LogP contribution >= 0.6 is 0 Å². The van der Waals surface area contributed by atoms with E-state index in [9.17, 15) is 4.79 Å². The molecule has 0 fully saturated rings. The van der Waals surface area contributed by atoms with Crippen LogP contribution in [0, 0.1) is 0 Å². The second-order valence-corrected chi connectivity index (χ2v) is 6.93. The van der Waals surface area contributed by atoms with E-state index in [0.29, 0.717) is 12.2 Å². The lowest BCUT2D eigenvalue weighted by Gasteiger charge is -2.10. The van der Waals surface area contributed by atoms with Gasteiger partial charge < -0.3 is 14.5 Å². The summed E-state index contributed by atoms with van der Waals surface area (Å²) in [5, 5.41) is 4.27. The number of ether oxygens (including phenoxy) is 1. The lowest BCUT2D eigenvalue weighted by molar-refractivity contribution is 0.0595. The summed E-state index contributed by atoms with van der Waals surface area (Å²) in [5.41, 5.74) is 4.69. The van der Waals surface area contributed by atoms with Crippen LogP contribution in [0.15, 0.2) is 73.4 Å². The highest BCUT2D eigenvalue weighted by Gasteiger charge is 2.12. The first-order valence-electron chi connectivity index (χ1n) is 9.67. The number of anilines is 1. The number of benzene rings is 1. The normalized spacial score (nSPS) is 11.0. The van der Waals surface area contributed by atoms with Crippen LogP contribution in [-0.2, 0) is 11.3 Å². The van der Waals surface area contributed by atoms with E-state index in [-0.39, 0.29) is 5.69 Å². The predicted octanol–water partition coefficient (Wildman–Crippen LogP) is 3.74. The maximum atomic E-state index is 11.8. The number of carbonyl (C=O) groups is 1. The topological polar surface area (TPSA) is 94.3 Å². The molecule has 8 heteroatoms. The van der Waals surface area contributed by atoms with Crippen molar-refractivity contribution in [3.05, 3.63) is 84.8 Å². The SMILES string of the molecule is COC(=O)c1cn2cc(-c3ccc4ncnc(NCc5ccccn5)c4c3)ccc2n1. The van der Waals surface area contributed by atoms with Crippen molar-refractivity contribution >= 4 is 28.3 Å². The highest BCUT2D eigenvalue weighted by Crippen LogP contribution is 2.27. The van der Waals surface area contributed by atoms with E-state index in [1.54, 1.807) is 18.7 Å². The predicted molar refractivity (Wildman–Crippen MR) is 117 cm³/mol. The molecule has 0 amide bonds. The summed E-state index contributed by atoms with van der Waals surface area (Å²) in [7, 11) is 1.34. The standard InChI is InChI=1S/C23H18N6O2/c1-31-23(30)20-13-29-12-16(6-8-21(29)28-20)15-5-7-19-18(10-15)22(27-14-26-19)25-11-17-4-2-3-9-24-17/h2-10,12-14H,11H2,1H3,(H,25,26,27). The van der Waals surface area contributed by atoms with Crippen molar-refractivity contribution in [2.24, 2.45) is 0 Å². The lowest BCUT2D eigenvalue weighted by atomic mass is 10.1. The molecule has 8 nitrogen and oxygen atoms in total. The number of imidazole rings is 1. The number of rotatable bonds is 5. The number of fused-ring (bicyclic) bond motifs is 2. The number of hydrogen-bond donors (Lipinski definition) is 1. The van der Waals surface area contributed by atoms with Crippen LogP contribution in [-0.4, -0.2) is 37.4 Å². The van der Waals surface area contributed by atoms with Crippen LogP contribution in [0.2, 0.25) is 0 Å². The Bertz CT molecular complexity index is 1400. The van der Waals surface area contributed by atoms with Crippen LogP contribution in [0.3, 0.4) is 0 Å². The van der Waals surface area contributed by atoms with Crippen LogP contribution in [0.4, 0.5) is 5.82 Å². The summed E-state index contributed by atoms with van der Waals surface area (Å²) in [5.74, 6) is 0.283. The largest absolute Gasteiger partial charge is 0.464 e. The molecule has 1 N–H and O–H groups in total. The van der Waals surface area contributed by atoms with E-state index in [1.165, 1.54) is 7.11 Å². The Labute approximate surface area is 177 Å². The number of nitrogens with zero attached hydrogens (tertiary/aromatic N) is 5. The molecule has 5 rings (SSSR count). The maximum Gasteiger partial charge on any atom is 0.358 e. The average molecular weight is 410 g/mol. The molecule has 31 heavy (non-hydrogen) atoms. The molecule has 1 aromatic carbocycles. The number of pyridine rings is 2. The Morgan fingerprint density at radius 2 is 1.94 bits per heavy atom. The summed E-state index contributed by atoms with van der Waals surface area (Å²) >= 11 is 0. The summed E-state index contributed by atoms with van der Waals surface area (Å²) in [6, 6.07) is 15.7. The van der Waals surface area contributed by atoms with Crippen LogP contribution in [0.1, 0.15) is 16.2 Å². The third-order valence-corrected chi connectivity index (χ3v) is 4.98. The Balaban J connectivity index is 1.50. The van der Waals surface area contributed by atoms with E-state index in [2.05, 4.69) is 31.3 Å². The number of carbonyl (C=O) groups excluding carboxylic acids is 1. The highest BCUT2D eigenvalue weighted by molar-refractivity contribution is 5.92. The third kappa shape index (κ3) is 3.66. The number of hydrogen-bond acceptors (Lipinski definition) is 7. The van der Waals surface area contributed by atoms with E-state index in [0.717, 1.165) is 33.5 Å². The Morgan fingerprint density at radius 1 is 1.03 bits per heavy atom. The van der Waals surface area contributed by atoms with Crippen molar-refractivity contribution in [2.45, 2.75) is 6.54 Å². The minimum Gasteiger partial charge on any atom is -0.464 e. The van der Waals surface area contributed by atoms with Gasteiger partial charge in [-0.05, 0) is 47.5 Å². The van der Waals surface area contributed by atoms with E-state index < -0.39 is 5.97 Å². The molecule has 5 aromatic rings. The first kappa shape index (κ1) is 18.7. The fraction of sp³-hybridized carbons (Fsp3) is 0.0870. The molecule has 0 aliphatic carbocycles. The van der Waals surface area contributed by atoms with Crippen molar-refractivity contribution in [1.82, 2.24) is 24.3 Å². The van der Waals surface area contributed by atoms with Gasteiger partial charge in [-0.2, -0.15) is 0 Å². The van der Waals surface area contributed by atoms with Gasteiger partial charge >= 0.3 is 5.97 Å². The van der Waals surface area contributed by atoms with Crippen molar-refractivity contribution in [3.63, 3.8) is 0 Å². The van der Waals surface area contributed by atoms with Crippen LogP contribution < -0.4 is 5.32 Å². The molecule has 152 valence electrons. The summed E-state index contributed by atoms with van der Waals surface area (Å²) in [6.45, 7) is 0.564. The molecular weight excluding hydrogens is 392 g/mol. The zero-order valence-electron chi connectivity index (χ0n) is 16.7. The first-order chi connectivity index (χ1) is 15.2. The Hall–Kier alpha value is -4.33. The monoisotopic (exact) mass is 410 g/mol. The first-order valence-corrected chi connectivity index (χ1v) is 9.67. The Kier molecular flexibility index (Phi) is 4.72. The number of aromatic nitrogens is 5. The zero-order chi connectivity index (χ0) is 21.2. The van der Waals surface area contributed by atoms with Gasteiger partial charge in [0, 0.05) is 24.0 Å². The molecule has 0 aliphatic rings. The molecule has 0 bridgehead atoms. The molecule has 0 unspecified atom stereocenters. The van der Waals surface area contributed by atoms with Crippen molar-refractivity contribution in [2.75, 3.05) is 12.4 Å². The van der Waals surface area contributed by atoms with Crippen molar-refractivity contribution < 1.29 is 9.53 Å². The third-order valence-electron chi connectivity index (χ3n) is 4.98. The second kappa shape index (κ2) is 7.83. The molecular formula is C23H18N6O2. The fourth-order valence-corrected chi connectivity index (χ4v) is 3.42. The van der Waals surface area contributed by atoms with Gasteiger partial charge in [-0.25, -0.2) is 19.7 Å². The number of esters is 1. The van der Waals surface area contributed by atoms with Gasteiger partial charge in [0.25, 0.3) is 0 Å². The second-order valence-electron chi connectivity index (χ2n) is 6.93. The Morgan fingerprint density at radius 3 is 2.77 bits per heavy atom. The molecule has 0 aliphatic heterocycles. The summed E-state index contributed by atoms with van der Waals surface area (Å²) < 4.78 is 6.57. The van der Waals surface area contributed by atoms with Gasteiger partial charge in [-0.3, -0.25) is 4.98 Å². The smallest absolute Gasteiger partial charge is 0.358 e. The van der Waals surface area contributed by atoms with Crippen LogP contribution in [0.25, 0.3) is 27.7 Å². The minimum absolute atomic E-state index is 0.271. The quantitative estimate of drug-likeness (QED) is 0.441. The van der Waals surface area contributed by atoms with Gasteiger partial charge in [0.05, 0.1) is 24.9 Å². The zero-order valence-corrected chi connectivity index (χ0v) is 16.7. The van der Waals surface area contributed by atoms with E-state index in [1.807, 2.05) is 53.1 Å². The summed E-state index contributed by atoms with van der Waals surface area (Å²) in [4.78, 5) is 29.2. The van der Waals surface area contributed by atoms with Crippen LogP contribution in [0.5, 0.6) is 0 Å². The fourth-order valence-electron chi connectivity index (χ4n) is 3.42. The minimum atomic E-state index is -0.461. The average Bonchev–Trinajstić information content (AvgIpc) is 3.26. The molecule has 4 aromatic heterocycles. The molecule has 4 heterocycles. The molecule has 0 saturated carbocycles. The maximum absolute atomic E-state index is 11.8. The van der Waals surface area contributed by atoms with Gasteiger partial charge in [0.2, 0.25) is 0 Å². The van der Waals surface area contributed by atoms with E-state index >= 15 is 0 Å². The highest BCUT2D eigenvalue weighted by atomic mass is 16.5. The van der Waals surface area contributed by atoms with E-state index in [4.69, 9.17) is 4.74 Å². The molecule has 0 radical (unpaired) electrons. The molecule has 0 atom stereocenters. The number of methoxy groups -OCH3 is 1. The lowest BCUT2D eigenvalue weighted by Crippen LogP contribution is -2.04. The number of nitrogens with one attached hydrogen (secondary N) is 1. The van der Waals surface area contributed by atoms with Gasteiger partial charge in [0.15, 0.2) is 5.69 Å². The van der Waals surface area contributed by atoms with Crippen molar-refractivity contribution in [1.29, 1.82) is 0 Å². The van der Waals surface area contributed by atoms with Gasteiger partial charge in [-0.1, -0.05) is 12.1 Å². The van der Waals surface area contributed by atoms with Gasteiger partial charge in [-0.15, -0.1) is 0 Å². The summed E-state index contributed by atoms with van der Waals surface area (Å²) in [6.07, 6.45) is 6.91. The molecule has 0 spiro atoms. The van der Waals surface area contributed by atoms with Gasteiger partial charge in [0.1, 0.15) is 17.8 Å². The molecule has 0 saturated heterocycles.